The van der Waals surface area contributed by atoms with E-state index in [-0.39, 0.29) is 18.2 Å². The van der Waals surface area contributed by atoms with E-state index in [1.165, 1.54) is 12.8 Å². The van der Waals surface area contributed by atoms with E-state index in [2.05, 4.69) is 0 Å². The van der Waals surface area contributed by atoms with Gasteiger partial charge in [-0.3, -0.25) is 9.59 Å². The fourth-order valence-corrected chi connectivity index (χ4v) is 3.85. The van der Waals surface area contributed by atoms with Crippen LogP contribution in [0.3, 0.4) is 0 Å². The van der Waals surface area contributed by atoms with E-state index in [0.717, 1.165) is 51.9 Å². The van der Waals surface area contributed by atoms with Crippen molar-refractivity contribution in [1.29, 1.82) is 0 Å². The number of piperidine rings is 2. The predicted molar refractivity (Wildman–Crippen MR) is 95.3 cm³/mol. The molecule has 130 valence electrons. The summed E-state index contributed by atoms with van der Waals surface area (Å²) < 4.78 is 0. The van der Waals surface area contributed by atoms with E-state index < -0.39 is 0 Å². The Labute approximate surface area is 148 Å². The SMILES string of the molecule is O=C(Cc1c(Cl)cccc1C(=O)N1CCCCC1)N1CCCCC1. The number of carbonyl (C=O) groups is 2. The van der Waals surface area contributed by atoms with Crippen LogP contribution in [0, 0.1) is 0 Å². The van der Waals surface area contributed by atoms with Crippen LogP contribution < -0.4 is 0 Å². The van der Waals surface area contributed by atoms with Gasteiger partial charge in [0.1, 0.15) is 0 Å². The van der Waals surface area contributed by atoms with Crippen LogP contribution in [-0.2, 0) is 11.2 Å². The van der Waals surface area contributed by atoms with E-state index in [4.69, 9.17) is 11.6 Å². The van der Waals surface area contributed by atoms with Gasteiger partial charge >= 0.3 is 0 Å². The fourth-order valence-electron chi connectivity index (χ4n) is 3.61. The molecule has 2 saturated heterocycles. The Morgan fingerprint density at radius 3 is 2.08 bits per heavy atom. The molecule has 0 aromatic heterocycles. The van der Waals surface area contributed by atoms with Crippen molar-refractivity contribution in [2.24, 2.45) is 0 Å². The standard InChI is InChI=1S/C19H25ClN2O2/c20-17-9-7-8-15(19(24)22-12-5-2-6-13-22)16(17)14-18(23)21-10-3-1-4-11-21/h7-9H,1-6,10-14H2. The molecule has 2 heterocycles. The minimum absolute atomic E-state index is 0.0126. The molecule has 2 aliphatic rings. The smallest absolute Gasteiger partial charge is 0.254 e. The summed E-state index contributed by atoms with van der Waals surface area (Å²) >= 11 is 6.35. The predicted octanol–water partition coefficient (Wildman–Crippen LogP) is 3.52. The third kappa shape index (κ3) is 3.92. The Kier molecular flexibility index (Phi) is 5.77. The molecule has 0 N–H and O–H groups in total. The van der Waals surface area contributed by atoms with Crippen molar-refractivity contribution < 1.29 is 9.59 Å². The summed E-state index contributed by atoms with van der Waals surface area (Å²) in [6.07, 6.45) is 6.81. The zero-order chi connectivity index (χ0) is 16.9. The number of likely N-dealkylation sites (tertiary alicyclic amines) is 2. The van der Waals surface area contributed by atoms with Crippen molar-refractivity contribution in [1.82, 2.24) is 9.80 Å². The van der Waals surface area contributed by atoms with Crippen LogP contribution in [0.4, 0.5) is 0 Å². The first-order chi connectivity index (χ1) is 11.7. The molecule has 3 rings (SSSR count). The zero-order valence-corrected chi connectivity index (χ0v) is 14.9. The van der Waals surface area contributed by atoms with Gasteiger partial charge in [-0.05, 0) is 56.2 Å². The van der Waals surface area contributed by atoms with Crippen molar-refractivity contribution in [2.75, 3.05) is 26.2 Å². The van der Waals surface area contributed by atoms with Crippen LogP contribution >= 0.6 is 11.6 Å². The Hall–Kier alpha value is -1.55. The molecule has 1 aromatic rings. The molecule has 2 fully saturated rings. The molecule has 2 amide bonds. The molecular formula is C19H25ClN2O2. The summed E-state index contributed by atoms with van der Waals surface area (Å²) in [4.78, 5) is 29.3. The molecule has 5 heteroatoms. The Bertz CT molecular complexity index is 605. The minimum Gasteiger partial charge on any atom is -0.342 e. The number of nitrogens with zero attached hydrogens (tertiary/aromatic N) is 2. The molecule has 0 saturated carbocycles. The fraction of sp³-hybridized carbons (Fsp3) is 0.579. The lowest BCUT2D eigenvalue weighted by Gasteiger charge is -2.29. The van der Waals surface area contributed by atoms with Gasteiger partial charge in [0.2, 0.25) is 5.91 Å². The molecule has 4 nitrogen and oxygen atoms in total. The van der Waals surface area contributed by atoms with Crippen molar-refractivity contribution >= 4 is 23.4 Å². The van der Waals surface area contributed by atoms with Crippen LogP contribution in [0.15, 0.2) is 18.2 Å². The summed E-state index contributed by atoms with van der Waals surface area (Å²) in [7, 11) is 0. The summed E-state index contributed by atoms with van der Waals surface area (Å²) in [5.41, 5.74) is 1.28. The first-order valence-electron chi connectivity index (χ1n) is 9.01. The normalized spacial score (nSPS) is 18.5. The molecule has 0 unspecified atom stereocenters. The first-order valence-corrected chi connectivity index (χ1v) is 9.39. The maximum atomic E-state index is 12.9. The number of hydrogen-bond acceptors (Lipinski definition) is 2. The summed E-state index contributed by atoms with van der Waals surface area (Å²) in [6.45, 7) is 3.23. The maximum Gasteiger partial charge on any atom is 0.254 e. The van der Waals surface area contributed by atoms with E-state index in [9.17, 15) is 9.59 Å². The Balaban J connectivity index is 1.79. The van der Waals surface area contributed by atoms with Gasteiger partial charge in [-0.2, -0.15) is 0 Å². The number of rotatable bonds is 3. The lowest BCUT2D eigenvalue weighted by molar-refractivity contribution is -0.131. The van der Waals surface area contributed by atoms with E-state index >= 15 is 0 Å². The van der Waals surface area contributed by atoms with Crippen LogP contribution in [0.1, 0.15) is 54.4 Å². The molecule has 0 bridgehead atoms. The van der Waals surface area contributed by atoms with Gasteiger partial charge < -0.3 is 9.80 Å². The maximum absolute atomic E-state index is 12.9. The number of amides is 2. The van der Waals surface area contributed by atoms with Crippen molar-refractivity contribution in [3.05, 3.63) is 34.3 Å². The molecule has 0 spiro atoms. The molecule has 0 radical (unpaired) electrons. The van der Waals surface area contributed by atoms with Crippen LogP contribution in [0.2, 0.25) is 5.02 Å². The molecule has 24 heavy (non-hydrogen) atoms. The monoisotopic (exact) mass is 348 g/mol. The largest absolute Gasteiger partial charge is 0.342 e. The van der Waals surface area contributed by atoms with Gasteiger partial charge in [0.25, 0.3) is 5.91 Å². The number of carbonyl (C=O) groups excluding carboxylic acids is 2. The second-order valence-corrected chi connectivity index (χ2v) is 7.14. The highest BCUT2D eigenvalue weighted by molar-refractivity contribution is 6.32. The molecular weight excluding hydrogens is 324 g/mol. The highest BCUT2D eigenvalue weighted by Gasteiger charge is 2.25. The molecule has 1 aromatic carbocycles. The van der Waals surface area contributed by atoms with Crippen molar-refractivity contribution in [3.63, 3.8) is 0 Å². The average molecular weight is 349 g/mol. The summed E-state index contributed by atoms with van der Waals surface area (Å²) in [5.74, 6) is 0.0918. The van der Waals surface area contributed by atoms with Crippen molar-refractivity contribution in [3.8, 4) is 0 Å². The van der Waals surface area contributed by atoms with Gasteiger partial charge in [-0.25, -0.2) is 0 Å². The second-order valence-electron chi connectivity index (χ2n) is 6.74. The lowest BCUT2D eigenvalue weighted by atomic mass is 10.0. The van der Waals surface area contributed by atoms with Gasteiger partial charge in [0.15, 0.2) is 0 Å². The van der Waals surface area contributed by atoms with Gasteiger partial charge in [0.05, 0.1) is 6.42 Å². The minimum atomic E-state index is 0.0126. The highest BCUT2D eigenvalue weighted by Crippen LogP contribution is 2.24. The zero-order valence-electron chi connectivity index (χ0n) is 14.1. The summed E-state index contributed by atoms with van der Waals surface area (Å²) in [6, 6.07) is 5.38. The van der Waals surface area contributed by atoms with Crippen molar-refractivity contribution in [2.45, 2.75) is 44.9 Å². The summed E-state index contributed by atoms with van der Waals surface area (Å²) in [5, 5.41) is 0.517. The van der Waals surface area contributed by atoms with E-state index in [1.807, 2.05) is 15.9 Å². The lowest BCUT2D eigenvalue weighted by Crippen LogP contribution is -2.38. The van der Waals surface area contributed by atoms with Crippen LogP contribution in [-0.4, -0.2) is 47.8 Å². The number of halogens is 1. The molecule has 0 aliphatic carbocycles. The van der Waals surface area contributed by atoms with Gasteiger partial charge in [0, 0.05) is 36.8 Å². The van der Waals surface area contributed by atoms with Gasteiger partial charge in [-0.15, -0.1) is 0 Å². The number of hydrogen-bond donors (Lipinski definition) is 0. The third-order valence-corrected chi connectivity index (χ3v) is 5.38. The van der Waals surface area contributed by atoms with E-state index in [1.54, 1.807) is 12.1 Å². The molecule has 0 atom stereocenters. The number of benzene rings is 1. The Morgan fingerprint density at radius 1 is 0.875 bits per heavy atom. The van der Waals surface area contributed by atoms with Crippen LogP contribution in [0.5, 0.6) is 0 Å². The van der Waals surface area contributed by atoms with E-state index in [0.29, 0.717) is 16.1 Å². The highest BCUT2D eigenvalue weighted by atomic mass is 35.5. The topological polar surface area (TPSA) is 40.6 Å². The third-order valence-electron chi connectivity index (χ3n) is 5.03. The quantitative estimate of drug-likeness (QED) is 0.838. The second kappa shape index (κ2) is 8.02. The van der Waals surface area contributed by atoms with Gasteiger partial charge in [-0.1, -0.05) is 17.7 Å². The van der Waals surface area contributed by atoms with Crippen LogP contribution in [0.25, 0.3) is 0 Å². The molecule has 2 aliphatic heterocycles. The first kappa shape index (κ1) is 17.3. The average Bonchev–Trinajstić information content (AvgIpc) is 2.64. The Morgan fingerprint density at radius 2 is 1.46 bits per heavy atom.